The first-order chi connectivity index (χ1) is 16.9. The van der Waals surface area contributed by atoms with Crippen LogP contribution in [0.15, 0.2) is 118 Å². The molecule has 38 heavy (non-hydrogen) atoms. The van der Waals surface area contributed by atoms with Crippen molar-refractivity contribution in [2.75, 3.05) is 0 Å². The zero-order chi connectivity index (χ0) is 24.2. The van der Waals surface area contributed by atoms with E-state index < -0.39 is 0 Å². The van der Waals surface area contributed by atoms with E-state index in [0.717, 1.165) is 8.95 Å². The Hall–Kier alpha value is -2.07. The van der Waals surface area contributed by atoms with Crippen LogP contribution in [0.4, 0.5) is 0 Å². The molecule has 0 spiro atoms. The van der Waals surface area contributed by atoms with Crippen LogP contribution in [-0.4, -0.2) is 0 Å². The first-order valence-electron chi connectivity index (χ1n) is 11.8. The molecular weight excluding hydrogens is 759 g/mol. The van der Waals surface area contributed by atoms with Gasteiger partial charge >= 0.3 is 25.8 Å². The minimum absolute atomic E-state index is 0. The molecule has 0 unspecified atom stereocenters. The van der Waals surface area contributed by atoms with Gasteiger partial charge in [0.2, 0.25) is 0 Å². The zero-order valence-corrected chi connectivity index (χ0v) is 28.9. The van der Waals surface area contributed by atoms with Crippen LogP contribution < -0.4 is 0 Å². The second kappa shape index (κ2) is 12.0. The van der Waals surface area contributed by atoms with Gasteiger partial charge in [-0.15, -0.1) is 69.1 Å². The van der Waals surface area contributed by atoms with Crippen molar-refractivity contribution in [3.63, 3.8) is 0 Å². The molecule has 0 amide bonds. The number of rotatable bonds is 4. The van der Waals surface area contributed by atoms with Crippen molar-refractivity contribution in [2.45, 2.75) is 19.3 Å². The Morgan fingerprint density at radius 1 is 0.553 bits per heavy atom. The average Bonchev–Trinajstić information content (AvgIpc) is 3.50. The van der Waals surface area contributed by atoms with Gasteiger partial charge in [0.25, 0.3) is 0 Å². The van der Waals surface area contributed by atoms with E-state index >= 15 is 0 Å². The molecule has 6 aromatic carbocycles. The SMILES string of the molecule is CC(C)(c1cc2c(-c3ccc(Br)cc3)cccc2[cH-]1)c1cc2c(-c3ccc(Br)cc3)cccc2[cH-]1.[CH3-].[CH3-].[Hf+4]. The van der Waals surface area contributed by atoms with Gasteiger partial charge in [0, 0.05) is 8.95 Å². The largest absolute Gasteiger partial charge is 4.00 e. The molecule has 3 heteroatoms. The molecule has 6 aromatic rings. The topological polar surface area (TPSA) is 0 Å². The van der Waals surface area contributed by atoms with Crippen LogP contribution >= 0.6 is 31.9 Å². The van der Waals surface area contributed by atoms with E-state index in [9.17, 15) is 0 Å². The van der Waals surface area contributed by atoms with E-state index in [1.807, 2.05) is 0 Å². The normalized spacial score (nSPS) is 11.1. The van der Waals surface area contributed by atoms with Crippen molar-refractivity contribution in [3.8, 4) is 22.3 Å². The number of hydrogen-bond acceptors (Lipinski definition) is 0. The first-order valence-corrected chi connectivity index (χ1v) is 13.4. The van der Waals surface area contributed by atoms with Gasteiger partial charge in [-0.1, -0.05) is 93.2 Å². The van der Waals surface area contributed by atoms with Crippen LogP contribution in [-0.2, 0) is 31.3 Å². The fourth-order valence-electron chi connectivity index (χ4n) is 5.12. The number of hydrogen-bond donors (Lipinski definition) is 0. The minimum atomic E-state index is -0.119. The Balaban J connectivity index is 0.00000133. The number of benzene rings is 4. The molecule has 0 N–H and O–H groups in total. The van der Waals surface area contributed by atoms with Crippen LogP contribution in [0.25, 0.3) is 43.8 Å². The molecule has 188 valence electrons. The molecule has 0 saturated carbocycles. The van der Waals surface area contributed by atoms with Gasteiger partial charge in [0.05, 0.1) is 0 Å². The van der Waals surface area contributed by atoms with Crippen LogP contribution in [0.2, 0.25) is 0 Å². The van der Waals surface area contributed by atoms with E-state index in [-0.39, 0.29) is 46.1 Å². The fourth-order valence-corrected chi connectivity index (χ4v) is 5.65. The number of halogens is 2. The summed E-state index contributed by atoms with van der Waals surface area (Å²) in [5, 5.41) is 5.20. The molecule has 0 fully saturated rings. The summed E-state index contributed by atoms with van der Waals surface area (Å²) in [4.78, 5) is 0. The summed E-state index contributed by atoms with van der Waals surface area (Å²) in [5.74, 6) is 0. The molecule has 0 atom stereocenters. The van der Waals surface area contributed by atoms with E-state index in [2.05, 4.69) is 155 Å². The molecule has 0 aliphatic carbocycles. The van der Waals surface area contributed by atoms with Gasteiger partial charge in [-0.2, -0.15) is 12.1 Å². The maximum atomic E-state index is 3.56. The van der Waals surface area contributed by atoms with Crippen molar-refractivity contribution in [2.24, 2.45) is 0 Å². The third-order valence-electron chi connectivity index (χ3n) is 7.26. The Labute approximate surface area is 262 Å². The number of fused-ring (bicyclic) bond motifs is 2. The maximum absolute atomic E-state index is 3.56. The minimum Gasteiger partial charge on any atom is -0.358 e. The summed E-state index contributed by atoms with van der Waals surface area (Å²) < 4.78 is 2.20. The first kappa shape index (κ1) is 30.5. The Morgan fingerprint density at radius 2 is 0.921 bits per heavy atom. The molecule has 0 heterocycles. The molecule has 0 aromatic heterocycles. The molecule has 0 nitrogen and oxygen atoms in total. The zero-order valence-electron chi connectivity index (χ0n) is 22.1. The molecular formula is C35H30Br2Hf. The third-order valence-corrected chi connectivity index (χ3v) is 8.31. The summed E-state index contributed by atoms with van der Waals surface area (Å²) in [7, 11) is 0. The van der Waals surface area contributed by atoms with Crippen molar-refractivity contribution < 1.29 is 25.8 Å². The van der Waals surface area contributed by atoms with E-state index in [4.69, 9.17) is 0 Å². The van der Waals surface area contributed by atoms with E-state index in [0.29, 0.717) is 0 Å². The maximum Gasteiger partial charge on any atom is 4.00 e. The summed E-state index contributed by atoms with van der Waals surface area (Å²) in [5.41, 5.74) is 7.62. The quantitative estimate of drug-likeness (QED) is 0.123. The van der Waals surface area contributed by atoms with Gasteiger partial charge < -0.3 is 14.9 Å². The van der Waals surface area contributed by atoms with Crippen LogP contribution in [0.5, 0.6) is 0 Å². The second-order valence-electron chi connectivity index (χ2n) is 9.74. The van der Waals surface area contributed by atoms with Gasteiger partial charge in [-0.3, -0.25) is 0 Å². The van der Waals surface area contributed by atoms with E-state index in [1.165, 1.54) is 54.9 Å². The molecule has 0 aliphatic rings. The Bertz CT molecular complexity index is 1540. The predicted octanol–water partition coefficient (Wildman–Crippen LogP) is 11.5. The third kappa shape index (κ3) is 5.48. The van der Waals surface area contributed by atoms with E-state index in [1.54, 1.807) is 0 Å². The molecule has 0 bridgehead atoms. The van der Waals surface area contributed by atoms with Gasteiger partial charge in [0.1, 0.15) is 0 Å². The second-order valence-corrected chi connectivity index (χ2v) is 11.6. The molecule has 6 rings (SSSR count). The summed E-state index contributed by atoms with van der Waals surface area (Å²) in [6, 6.07) is 39.9. The van der Waals surface area contributed by atoms with Crippen LogP contribution in [0.1, 0.15) is 25.0 Å². The van der Waals surface area contributed by atoms with Gasteiger partial charge in [-0.05, 0) is 40.8 Å². The smallest absolute Gasteiger partial charge is 0.358 e. The Kier molecular flexibility index (Phi) is 9.61. The van der Waals surface area contributed by atoms with Gasteiger partial charge in [-0.25, -0.2) is 0 Å². The van der Waals surface area contributed by atoms with Gasteiger partial charge in [0.15, 0.2) is 0 Å². The summed E-state index contributed by atoms with van der Waals surface area (Å²) >= 11 is 7.12. The molecule has 0 saturated heterocycles. The summed E-state index contributed by atoms with van der Waals surface area (Å²) in [6.07, 6.45) is 0. The van der Waals surface area contributed by atoms with Crippen LogP contribution in [0.3, 0.4) is 0 Å². The van der Waals surface area contributed by atoms with Crippen molar-refractivity contribution >= 4 is 53.4 Å². The molecule has 0 aliphatic heterocycles. The van der Waals surface area contributed by atoms with Crippen LogP contribution in [0, 0.1) is 14.9 Å². The fraction of sp³-hybridized carbons (Fsp3) is 0.0857. The standard InChI is InChI=1S/C33H24Br2.2CH3.Hf/c1-33(2,25-17-23-5-3-7-29(31(23)19-25)21-9-13-27(34)14-10-21)26-18-24-6-4-8-30(32(24)20-26)22-11-15-28(35)16-12-22;;;/h3-20H,1-2H3;2*1H3;/q-2;2*-1;+4. The molecule has 0 radical (unpaired) electrons. The Morgan fingerprint density at radius 3 is 1.29 bits per heavy atom. The predicted molar refractivity (Wildman–Crippen MR) is 170 cm³/mol. The monoisotopic (exact) mass is 788 g/mol. The van der Waals surface area contributed by atoms with Crippen molar-refractivity contribution in [1.82, 2.24) is 0 Å². The van der Waals surface area contributed by atoms with Crippen molar-refractivity contribution in [1.29, 1.82) is 0 Å². The van der Waals surface area contributed by atoms with Crippen molar-refractivity contribution in [3.05, 3.63) is 144 Å². The average molecular weight is 789 g/mol. The summed E-state index contributed by atoms with van der Waals surface area (Å²) in [6.45, 7) is 4.68.